The van der Waals surface area contributed by atoms with Gasteiger partial charge in [0.1, 0.15) is 10.6 Å². The minimum absolute atomic E-state index is 0.0865. The summed E-state index contributed by atoms with van der Waals surface area (Å²) in [6, 6.07) is 4.00. The van der Waals surface area contributed by atoms with Gasteiger partial charge >= 0.3 is 0 Å². The molecule has 0 saturated heterocycles. The summed E-state index contributed by atoms with van der Waals surface area (Å²) in [6.07, 6.45) is 0. The van der Waals surface area contributed by atoms with Crippen molar-refractivity contribution in [3.63, 3.8) is 0 Å². The summed E-state index contributed by atoms with van der Waals surface area (Å²) >= 11 is 1.36. The second-order valence-electron chi connectivity index (χ2n) is 4.74. The maximum atomic E-state index is 12.1. The van der Waals surface area contributed by atoms with Crippen LogP contribution in [0.2, 0.25) is 0 Å². The Hall–Kier alpha value is -1.66. The van der Waals surface area contributed by atoms with Crippen molar-refractivity contribution in [1.29, 1.82) is 0 Å². The van der Waals surface area contributed by atoms with Crippen LogP contribution in [0.5, 0.6) is 0 Å². The maximum absolute atomic E-state index is 12.1. The molecule has 1 amide bonds. The van der Waals surface area contributed by atoms with Crippen LogP contribution in [0.1, 0.15) is 28.0 Å². The molecule has 2 aromatic heterocycles. The Morgan fingerprint density at radius 2 is 2.20 bits per heavy atom. The van der Waals surface area contributed by atoms with E-state index >= 15 is 0 Å². The Kier molecular flexibility index (Phi) is 4.57. The molecular weight excluding hydrogens is 274 g/mol. The molecule has 0 spiro atoms. The first-order chi connectivity index (χ1) is 9.51. The normalized spacial score (nSPS) is 12.4. The van der Waals surface area contributed by atoms with Crippen molar-refractivity contribution in [3.05, 3.63) is 28.5 Å². The molecule has 0 bridgehead atoms. The van der Waals surface area contributed by atoms with E-state index in [1.807, 2.05) is 40.0 Å². The highest BCUT2D eigenvalue weighted by Crippen LogP contribution is 2.29. The molecule has 2 N–H and O–H groups in total. The maximum Gasteiger partial charge on any atom is 0.263 e. The molecule has 0 aliphatic rings. The standard InChI is InChI=1S/C14H19N3O2S/c1-8(15-4)7-16-13(18)12-10(3)17-14(20-12)11-6-5-9(2)19-11/h5-6,8,15H,7H2,1-4H3,(H,16,18). The van der Waals surface area contributed by atoms with Gasteiger partial charge < -0.3 is 15.1 Å². The van der Waals surface area contributed by atoms with E-state index in [2.05, 4.69) is 15.6 Å². The number of aromatic nitrogens is 1. The summed E-state index contributed by atoms with van der Waals surface area (Å²) in [7, 11) is 1.87. The number of aryl methyl sites for hydroxylation is 2. The summed E-state index contributed by atoms with van der Waals surface area (Å²) in [6.45, 7) is 6.32. The number of thiazole rings is 1. The first-order valence-corrected chi connectivity index (χ1v) is 7.32. The second kappa shape index (κ2) is 6.19. The Morgan fingerprint density at radius 1 is 1.45 bits per heavy atom. The highest BCUT2D eigenvalue weighted by molar-refractivity contribution is 7.17. The molecule has 108 valence electrons. The van der Waals surface area contributed by atoms with Crippen molar-refractivity contribution in [2.24, 2.45) is 0 Å². The topological polar surface area (TPSA) is 67.2 Å². The summed E-state index contributed by atoms with van der Waals surface area (Å²) < 4.78 is 5.54. The predicted octanol–water partition coefficient (Wildman–Crippen LogP) is 2.36. The number of carbonyl (C=O) groups excluding carboxylic acids is 1. The molecule has 0 saturated carbocycles. The molecule has 6 heteroatoms. The van der Waals surface area contributed by atoms with E-state index in [1.165, 1.54) is 11.3 Å². The van der Waals surface area contributed by atoms with Gasteiger partial charge in [-0.25, -0.2) is 4.98 Å². The largest absolute Gasteiger partial charge is 0.459 e. The minimum atomic E-state index is -0.0865. The highest BCUT2D eigenvalue weighted by atomic mass is 32.1. The van der Waals surface area contributed by atoms with Crippen LogP contribution >= 0.6 is 11.3 Å². The third-order valence-corrected chi connectivity index (χ3v) is 4.19. The number of hydrogen-bond donors (Lipinski definition) is 2. The number of carbonyl (C=O) groups is 1. The van der Waals surface area contributed by atoms with Gasteiger partial charge in [-0.1, -0.05) is 0 Å². The number of nitrogens with zero attached hydrogens (tertiary/aromatic N) is 1. The van der Waals surface area contributed by atoms with Gasteiger partial charge in [0, 0.05) is 12.6 Å². The first kappa shape index (κ1) is 14.7. The van der Waals surface area contributed by atoms with Gasteiger partial charge in [0.15, 0.2) is 10.8 Å². The van der Waals surface area contributed by atoms with Crippen molar-refractivity contribution in [2.75, 3.05) is 13.6 Å². The van der Waals surface area contributed by atoms with Gasteiger partial charge in [-0.15, -0.1) is 11.3 Å². The monoisotopic (exact) mass is 293 g/mol. The second-order valence-corrected chi connectivity index (χ2v) is 5.74. The number of hydrogen-bond acceptors (Lipinski definition) is 5. The van der Waals surface area contributed by atoms with Crippen molar-refractivity contribution in [2.45, 2.75) is 26.8 Å². The minimum Gasteiger partial charge on any atom is -0.459 e. The molecule has 0 aromatic carbocycles. The fourth-order valence-corrected chi connectivity index (χ4v) is 2.63. The lowest BCUT2D eigenvalue weighted by Crippen LogP contribution is -2.37. The Morgan fingerprint density at radius 3 is 2.80 bits per heavy atom. The molecule has 1 unspecified atom stereocenters. The molecule has 20 heavy (non-hydrogen) atoms. The molecule has 2 aromatic rings. The molecule has 2 heterocycles. The Bertz CT molecular complexity index is 603. The lowest BCUT2D eigenvalue weighted by molar-refractivity contribution is 0.0954. The van der Waals surface area contributed by atoms with Gasteiger partial charge in [-0.2, -0.15) is 0 Å². The predicted molar refractivity (Wildman–Crippen MR) is 80.1 cm³/mol. The SMILES string of the molecule is CNC(C)CNC(=O)c1sc(-c2ccc(C)o2)nc1C. The summed E-state index contributed by atoms with van der Waals surface area (Å²) in [5.41, 5.74) is 0.730. The van der Waals surface area contributed by atoms with E-state index < -0.39 is 0 Å². The van der Waals surface area contributed by atoms with Gasteiger partial charge in [-0.05, 0) is 40.0 Å². The number of furan rings is 1. The van der Waals surface area contributed by atoms with Gasteiger partial charge in [0.05, 0.1) is 5.69 Å². The zero-order valence-corrected chi connectivity index (χ0v) is 12.9. The molecule has 0 aliphatic carbocycles. The number of rotatable bonds is 5. The van der Waals surface area contributed by atoms with Crippen molar-refractivity contribution < 1.29 is 9.21 Å². The van der Waals surface area contributed by atoms with Crippen molar-refractivity contribution >= 4 is 17.2 Å². The van der Waals surface area contributed by atoms with Crippen LogP contribution in [0.15, 0.2) is 16.5 Å². The van der Waals surface area contributed by atoms with E-state index in [0.717, 1.165) is 16.5 Å². The summed E-state index contributed by atoms with van der Waals surface area (Å²) in [5, 5.41) is 6.72. The van der Waals surface area contributed by atoms with Crippen molar-refractivity contribution in [1.82, 2.24) is 15.6 Å². The smallest absolute Gasteiger partial charge is 0.263 e. The fraction of sp³-hybridized carbons (Fsp3) is 0.429. The van der Waals surface area contributed by atoms with Crippen LogP contribution in [-0.2, 0) is 0 Å². The zero-order chi connectivity index (χ0) is 14.7. The third kappa shape index (κ3) is 3.26. The molecule has 0 fully saturated rings. The van der Waals surface area contributed by atoms with E-state index in [1.54, 1.807) is 0 Å². The molecule has 1 atom stereocenters. The molecular formula is C14H19N3O2S. The van der Waals surface area contributed by atoms with E-state index in [0.29, 0.717) is 17.2 Å². The zero-order valence-electron chi connectivity index (χ0n) is 12.1. The van der Waals surface area contributed by atoms with E-state index in [9.17, 15) is 4.79 Å². The number of likely N-dealkylation sites (N-methyl/N-ethyl adjacent to an activating group) is 1. The van der Waals surface area contributed by atoms with E-state index in [4.69, 9.17) is 4.42 Å². The quantitative estimate of drug-likeness (QED) is 0.888. The lowest BCUT2D eigenvalue weighted by atomic mass is 10.3. The summed E-state index contributed by atoms with van der Waals surface area (Å²) in [5.74, 6) is 1.46. The van der Waals surface area contributed by atoms with Crippen LogP contribution < -0.4 is 10.6 Å². The Labute approximate surface area is 122 Å². The average molecular weight is 293 g/mol. The van der Waals surface area contributed by atoms with Gasteiger partial charge in [-0.3, -0.25) is 4.79 Å². The van der Waals surface area contributed by atoms with Crippen LogP contribution in [0.3, 0.4) is 0 Å². The summed E-state index contributed by atoms with van der Waals surface area (Å²) in [4.78, 5) is 17.2. The lowest BCUT2D eigenvalue weighted by Gasteiger charge is -2.10. The molecule has 5 nitrogen and oxygen atoms in total. The number of nitrogens with one attached hydrogen (secondary N) is 2. The molecule has 2 rings (SSSR count). The van der Waals surface area contributed by atoms with Gasteiger partial charge in [0.2, 0.25) is 0 Å². The van der Waals surface area contributed by atoms with Crippen LogP contribution in [0.4, 0.5) is 0 Å². The Balaban J connectivity index is 2.13. The third-order valence-electron chi connectivity index (χ3n) is 3.02. The van der Waals surface area contributed by atoms with E-state index in [-0.39, 0.29) is 11.9 Å². The number of amides is 1. The highest BCUT2D eigenvalue weighted by Gasteiger charge is 2.17. The fourth-order valence-electron chi connectivity index (χ4n) is 1.69. The van der Waals surface area contributed by atoms with Gasteiger partial charge in [0.25, 0.3) is 5.91 Å². The molecule has 0 radical (unpaired) electrons. The van der Waals surface area contributed by atoms with Crippen LogP contribution in [0, 0.1) is 13.8 Å². The molecule has 0 aliphatic heterocycles. The first-order valence-electron chi connectivity index (χ1n) is 6.51. The van der Waals surface area contributed by atoms with Crippen LogP contribution in [0.25, 0.3) is 10.8 Å². The van der Waals surface area contributed by atoms with Crippen molar-refractivity contribution in [3.8, 4) is 10.8 Å². The van der Waals surface area contributed by atoms with Crippen LogP contribution in [-0.4, -0.2) is 30.5 Å². The average Bonchev–Trinajstić information content (AvgIpc) is 3.01.